The van der Waals surface area contributed by atoms with Crippen molar-refractivity contribution in [1.29, 1.82) is 0 Å². The first-order chi connectivity index (χ1) is 11.6. The van der Waals surface area contributed by atoms with Gasteiger partial charge in [0.2, 0.25) is 5.91 Å². The van der Waals surface area contributed by atoms with Gasteiger partial charge in [-0.3, -0.25) is 9.69 Å². The molecule has 1 amide bonds. The molecular formula is C20H27N3O. The number of hydrogen-bond acceptors (Lipinski definition) is 2. The van der Waals surface area contributed by atoms with Crippen molar-refractivity contribution in [3.8, 4) is 0 Å². The topological polar surface area (TPSA) is 27.9 Å². The molecule has 1 aliphatic heterocycles. The number of rotatable bonds is 2. The third-order valence-electron chi connectivity index (χ3n) is 5.80. The van der Waals surface area contributed by atoms with Gasteiger partial charge in [0.05, 0.1) is 0 Å². The molecular weight excluding hydrogens is 298 g/mol. The Bertz CT molecular complexity index is 599. The van der Waals surface area contributed by atoms with E-state index >= 15 is 0 Å². The minimum absolute atomic E-state index is 0.191. The largest absolute Gasteiger partial charge is 0.342 e. The van der Waals surface area contributed by atoms with E-state index in [2.05, 4.69) is 21.9 Å². The molecule has 2 aliphatic rings. The van der Waals surface area contributed by atoms with Crippen LogP contribution < -0.4 is 0 Å². The molecule has 1 saturated heterocycles. The number of nitrogens with zero attached hydrogens (tertiary/aromatic N) is 3. The Balaban J connectivity index is 1.62. The van der Waals surface area contributed by atoms with Crippen LogP contribution in [-0.4, -0.2) is 47.9 Å². The van der Waals surface area contributed by atoms with Crippen molar-refractivity contribution in [2.24, 2.45) is 0 Å². The molecule has 0 N–H and O–H groups in total. The predicted molar refractivity (Wildman–Crippen MR) is 95.4 cm³/mol. The third kappa shape index (κ3) is 3.47. The van der Waals surface area contributed by atoms with E-state index < -0.39 is 0 Å². The van der Waals surface area contributed by atoms with Crippen molar-refractivity contribution in [2.75, 3.05) is 26.2 Å². The monoisotopic (exact) mass is 325 g/mol. The third-order valence-corrected chi connectivity index (χ3v) is 5.80. The summed E-state index contributed by atoms with van der Waals surface area (Å²) in [7, 11) is 0. The average Bonchev–Trinajstić information content (AvgIpc) is 2.89. The molecule has 24 heavy (non-hydrogen) atoms. The van der Waals surface area contributed by atoms with Gasteiger partial charge in [0, 0.05) is 57.5 Å². The maximum absolute atomic E-state index is 11.6. The Morgan fingerprint density at radius 2 is 1.83 bits per heavy atom. The molecule has 0 bridgehead atoms. The first kappa shape index (κ1) is 17.0. The van der Waals surface area contributed by atoms with Crippen LogP contribution in [0.25, 0.3) is 4.85 Å². The van der Waals surface area contributed by atoms with Crippen molar-refractivity contribution in [3.05, 3.63) is 47.3 Å². The number of carbonyl (C=O) groups excluding carboxylic acids is 1. The summed E-state index contributed by atoms with van der Waals surface area (Å²) in [5, 5.41) is 0. The first-order valence-corrected chi connectivity index (χ1v) is 9.08. The van der Waals surface area contributed by atoms with Gasteiger partial charge in [0.1, 0.15) is 0 Å². The molecule has 3 rings (SSSR count). The van der Waals surface area contributed by atoms with Gasteiger partial charge in [-0.2, -0.15) is 0 Å². The van der Waals surface area contributed by atoms with Gasteiger partial charge in [-0.05, 0) is 19.3 Å². The van der Waals surface area contributed by atoms with Crippen molar-refractivity contribution in [2.45, 2.75) is 50.6 Å². The van der Waals surface area contributed by atoms with Gasteiger partial charge in [0.25, 0.3) is 5.54 Å². The molecule has 0 aromatic heterocycles. The van der Waals surface area contributed by atoms with Gasteiger partial charge in [-0.25, -0.2) is 6.57 Å². The molecule has 0 radical (unpaired) electrons. The summed E-state index contributed by atoms with van der Waals surface area (Å²) in [6.45, 7) is 13.2. The summed E-state index contributed by atoms with van der Waals surface area (Å²) in [5.41, 5.74) is 0.853. The van der Waals surface area contributed by atoms with Gasteiger partial charge in [-0.1, -0.05) is 30.3 Å². The lowest BCUT2D eigenvalue weighted by Crippen LogP contribution is -2.43. The normalized spacial score (nSPS) is 28.8. The number of benzene rings is 1. The van der Waals surface area contributed by atoms with E-state index in [-0.39, 0.29) is 11.4 Å². The number of carbonyl (C=O) groups is 1. The van der Waals surface area contributed by atoms with Crippen molar-refractivity contribution < 1.29 is 4.79 Å². The summed E-state index contributed by atoms with van der Waals surface area (Å²) < 4.78 is 0. The molecule has 0 spiro atoms. The zero-order chi connectivity index (χ0) is 17.0. The summed E-state index contributed by atoms with van der Waals surface area (Å²) >= 11 is 0. The SMILES string of the molecule is [C-]#[N+]C1(c2ccccc2)CCC(N2CCCN(C(C)=O)CC2)CC1. The average molecular weight is 325 g/mol. The van der Waals surface area contributed by atoms with Gasteiger partial charge in [0.15, 0.2) is 0 Å². The minimum atomic E-state index is -0.324. The Morgan fingerprint density at radius 3 is 2.46 bits per heavy atom. The van der Waals surface area contributed by atoms with Crippen LogP contribution in [0.2, 0.25) is 0 Å². The van der Waals surface area contributed by atoms with Gasteiger partial charge >= 0.3 is 0 Å². The Hall–Kier alpha value is -1.86. The van der Waals surface area contributed by atoms with Crippen LogP contribution >= 0.6 is 0 Å². The molecule has 128 valence electrons. The zero-order valence-corrected chi connectivity index (χ0v) is 14.6. The molecule has 4 heteroatoms. The fourth-order valence-corrected chi connectivity index (χ4v) is 4.28. The highest BCUT2D eigenvalue weighted by Gasteiger charge is 2.43. The standard InChI is InChI=1S/C20H27N3O/c1-17(24)22-13-6-14-23(16-15-22)19-9-11-20(21-2,12-10-19)18-7-4-3-5-8-18/h3-5,7-8,19H,6,9-16H2,1H3. The van der Waals surface area contributed by atoms with Gasteiger partial charge < -0.3 is 9.74 Å². The lowest BCUT2D eigenvalue weighted by molar-refractivity contribution is -0.128. The van der Waals surface area contributed by atoms with E-state index in [9.17, 15) is 4.79 Å². The van der Waals surface area contributed by atoms with E-state index in [1.807, 2.05) is 23.1 Å². The molecule has 4 nitrogen and oxygen atoms in total. The van der Waals surface area contributed by atoms with Gasteiger partial charge in [-0.15, -0.1) is 0 Å². The fourth-order valence-electron chi connectivity index (χ4n) is 4.28. The van der Waals surface area contributed by atoms with Crippen molar-refractivity contribution >= 4 is 5.91 Å². The molecule has 0 unspecified atom stereocenters. The van der Waals surface area contributed by atoms with E-state index in [1.54, 1.807) is 6.92 Å². The quantitative estimate of drug-likeness (QED) is 0.781. The van der Waals surface area contributed by atoms with E-state index in [4.69, 9.17) is 6.57 Å². The maximum Gasteiger partial charge on any atom is 0.257 e. The second-order valence-corrected chi connectivity index (χ2v) is 7.14. The zero-order valence-electron chi connectivity index (χ0n) is 14.6. The minimum Gasteiger partial charge on any atom is -0.342 e. The Labute approximate surface area is 145 Å². The predicted octanol–water partition coefficient (Wildman–Crippen LogP) is 3.30. The van der Waals surface area contributed by atoms with Crippen LogP contribution in [0.15, 0.2) is 30.3 Å². The second-order valence-electron chi connectivity index (χ2n) is 7.14. The van der Waals surface area contributed by atoms with Crippen molar-refractivity contribution in [3.63, 3.8) is 0 Å². The van der Waals surface area contributed by atoms with Crippen LogP contribution in [0, 0.1) is 6.57 Å². The highest BCUT2D eigenvalue weighted by molar-refractivity contribution is 5.73. The number of amides is 1. The molecule has 1 aliphatic carbocycles. The molecule has 1 saturated carbocycles. The molecule has 1 aromatic rings. The summed E-state index contributed by atoms with van der Waals surface area (Å²) in [6, 6.07) is 10.9. The number of hydrogen-bond donors (Lipinski definition) is 0. The summed E-state index contributed by atoms with van der Waals surface area (Å²) in [6.07, 6.45) is 5.10. The molecule has 1 heterocycles. The fraction of sp³-hybridized carbons (Fsp3) is 0.600. The maximum atomic E-state index is 11.6. The lowest BCUT2D eigenvalue weighted by Gasteiger charge is -2.37. The van der Waals surface area contributed by atoms with E-state index in [1.165, 1.54) is 5.56 Å². The van der Waals surface area contributed by atoms with E-state index in [0.29, 0.717) is 6.04 Å². The van der Waals surface area contributed by atoms with Crippen LogP contribution in [0.1, 0.15) is 44.6 Å². The van der Waals surface area contributed by atoms with E-state index in [0.717, 1.165) is 58.3 Å². The van der Waals surface area contributed by atoms with Crippen LogP contribution in [0.3, 0.4) is 0 Å². The summed E-state index contributed by atoms with van der Waals surface area (Å²) in [5.74, 6) is 0.191. The second kappa shape index (κ2) is 7.36. The lowest BCUT2D eigenvalue weighted by atomic mass is 9.75. The van der Waals surface area contributed by atoms with Crippen LogP contribution in [-0.2, 0) is 10.3 Å². The highest BCUT2D eigenvalue weighted by Crippen LogP contribution is 2.42. The molecule has 0 atom stereocenters. The van der Waals surface area contributed by atoms with Crippen molar-refractivity contribution in [1.82, 2.24) is 9.80 Å². The van der Waals surface area contributed by atoms with Crippen LogP contribution in [0.5, 0.6) is 0 Å². The molecule has 2 fully saturated rings. The first-order valence-electron chi connectivity index (χ1n) is 9.08. The Morgan fingerprint density at radius 1 is 1.12 bits per heavy atom. The summed E-state index contributed by atoms with van der Waals surface area (Å²) in [4.78, 5) is 20.2. The Kier molecular flexibility index (Phi) is 5.20. The molecule has 1 aromatic carbocycles. The van der Waals surface area contributed by atoms with Crippen LogP contribution in [0.4, 0.5) is 0 Å². The highest BCUT2D eigenvalue weighted by atomic mass is 16.2. The smallest absolute Gasteiger partial charge is 0.257 e.